The fraction of sp³-hybridized carbons (Fsp3) is 0.455. The van der Waals surface area contributed by atoms with Crippen LogP contribution in [0.2, 0.25) is 0 Å². The molecule has 5 nitrogen and oxygen atoms in total. The van der Waals surface area contributed by atoms with Gasteiger partial charge in [0.1, 0.15) is 6.54 Å². The van der Waals surface area contributed by atoms with E-state index in [1.165, 1.54) is 13.0 Å². The summed E-state index contributed by atoms with van der Waals surface area (Å²) in [4.78, 5) is 23.2. The van der Waals surface area contributed by atoms with Crippen LogP contribution in [-0.2, 0) is 4.79 Å². The molecule has 0 saturated heterocycles. The van der Waals surface area contributed by atoms with Crippen molar-refractivity contribution in [2.75, 3.05) is 6.54 Å². The standard InChI is InChI=1S/C11H14F3N3O2/c1-6-3-4-17(5-11(12,13)14)10(19)16-8(6)7(2)9(15)18/h3-4,7H,5H2,1-2H3,(H2,15,18)(H,16,19)/t7-/m0/s1. The van der Waals surface area contributed by atoms with Gasteiger partial charge in [0.15, 0.2) is 0 Å². The summed E-state index contributed by atoms with van der Waals surface area (Å²) in [7, 11) is 0. The van der Waals surface area contributed by atoms with Crippen molar-refractivity contribution in [2.24, 2.45) is 11.7 Å². The van der Waals surface area contributed by atoms with Gasteiger partial charge in [-0.15, -0.1) is 0 Å². The zero-order chi connectivity index (χ0) is 14.8. The molecule has 0 aromatic rings. The van der Waals surface area contributed by atoms with Crippen molar-refractivity contribution < 1.29 is 22.8 Å². The number of hydrogen-bond acceptors (Lipinski definition) is 2. The Balaban J connectivity index is 2.95. The van der Waals surface area contributed by atoms with Crippen molar-refractivity contribution in [3.05, 3.63) is 23.5 Å². The summed E-state index contributed by atoms with van der Waals surface area (Å²) >= 11 is 0. The lowest BCUT2D eigenvalue weighted by atomic mass is 10.0. The zero-order valence-electron chi connectivity index (χ0n) is 10.4. The fourth-order valence-corrected chi connectivity index (χ4v) is 1.55. The van der Waals surface area contributed by atoms with Crippen LogP contribution in [0.15, 0.2) is 23.5 Å². The van der Waals surface area contributed by atoms with Gasteiger partial charge in [-0.3, -0.25) is 9.69 Å². The third-order valence-corrected chi connectivity index (χ3v) is 2.64. The molecular weight excluding hydrogens is 263 g/mol. The normalized spacial score (nSPS) is 18.2. The molecule has 0 bridgehead atoms. The number of amides is 3. The molecule has 0 saturated carbocycles. The predicted molar refractivity (Wildman–Crippen MR) is 61.5 cm³/mol. The summed E-state index contributed by atoms with van der Waals surface area (Å²) in [5.41, 5.74) is 5.80. The maximum absolute atomic E-state index is 12.3. The van der Waals surface area contributed by atoms with Gasteiger partial charge < -0.3 is 11.1 Å². The number of primary amides is 1. The van der Waals surface area contributed by atoms with Crippen molar-refractivity contribution in [1.29, 1.82) is 0 Å². The average molecular weight is 277 g/mol. The van der Waals surface area contributed by atoms with Crippen LogP contribution in [0.25, 0.3) is 0 Å². The summed E-state index contributed by atoms with van der Waals surface area (Å²) in [6.45, 7) is 1.64. The number of carbonyl (C=O) groups is 2. The van der Waals surface area contributed by atoms with Crippen LogP contribution < -0.4 is 11.1 Å². The lowest BCUT2D eigenvalue weighted by Crippen LogP contribution is -2.42. The van der Waals surface area contributed by atoms with Crippen LogP contribution in [0.1, 0.15) is 13.8 Å². The van der Waals surface area contributed by atoms with Crippen molar-refractivity contribution in [3.8, 4) is 0 Å². The van der Waals surface area contributed by atoms with E-state index in [2.05, 4.69) is 5.32 Å². The van der Waals surface area contributed by atoms with Crippen LogP contribution in [-0.4, -0.2) is 29.6 Å². The SMILES string of the molecule is CC1=C([C@H](C)C(N)=O)NC(=O)N(CC(F)(F)F)C=C1. The molecular formula is C11H14F3N3O2. The highest BCUT2D eigenvalue weighted by Crippen LogP contribution is 2.21. The van der Waals surface area contributed by atoms with E-state index in [9.17, 15) is 22.8 Å². The number of nitrogens with one attached hydrogen (secondary N) is 1. The second-order valence-corrected chi connectivity index (χ2v) is 4.21. The van der Waals surface area contributed by atoms with Crippen LogP contribution >= 0.6 is 0 Å². The summed E-state index contributed by atoms with van der Waals surface area (Å²) in [6, 6.07) is -0.950. The lowest BCUT2D eigenvalue weighted by molar-refractivity contribution is -0.135. The van der Waals surface area contributed by atoms with Gasteiger partial charge >= 0.3 is 12.2 Å². The molecule has 0 spiro atoms. The Kier molecular flexibility index (Phi) is 4.23. The van der Waals surface area contributed by atoms with Crippen molar-refractivity contribution in [2.45, 2.75) is 20.0 Å². The second kappa shape index (κ2) is 5.33. The molecule has 8 heteroatoms. The highest BCUT2D eigenvalue weighted by molar-refractivity contribution is 5.84. The highest BCUT2D eigenvalue weighted by atomic mass is 19.4. The van der Waals surface area contributed by atoms with Crippen molar-refractivity contribution in [3.63, 3.8) is 0 Å². The minimum absolute atomic E-state index is 0.207. The van der Waals surface area contributed by atoms with E-state index in [-0.39, 0.29) is 5.70 Å². The number of carbonyl (C=O) groups excluding carboxylic acids is 2. The highest BCUT2D eigenvalue weighted by Gasteiger charge is 2.33. The lowest BCUT2D eigenvalue weighted by Gasteiger charge is -2.21. The Morgan fingerprint density at radius 1 is 1.53 bits per heavy atom. The summed E-state index contributed by atoms with van der Waals surface area (Å²) in [6.07, 6.45) is -2.15. The van der Waals surface area contributed by atoms with Gasteiger partial charge in [0.25, 0.3) is 0 Å². The molecule has 3 N–H and O–H groups in total. The number of nitrogens with zero attached hydrogens (tertiary/aromatic N) is 1. The van der Waals surface area contributed by atoms with Crippen LogP contribution in [0.3, 0.4) is 0 Å². The molecule has 0 unspecified atom stereocenters. The molecule has 0 aliphatic carbocycles. The number of hydrogen-bond donors (Lipinski definition) is 2. The molecule has 0 radical (unpaired) electrons. The van der Waals surface area contributed by atoms with Gasteiger partial charge in [-0.25, -0.2) is 4.79 Å². The Labute approximate surface area is 107 Å². The molecule has 1 aliphatic heterocycles. The Morgan fingerprint density at radius 2 is 2.11 bits per heavy atom. The molecule has 0 fully saturated rings. The molecule has 0 aromatic carbocycles. The molecule has 1 rings (SSSR count). The number of urea groups is 1. The zero-order valence-corrected chi connectivity index (χ0v) is 10.4. The first-order valence-electron chi connectivity index (χ1n) is 5.44. The molecule has 1 atom stereocenters. The summed E-state index contributed by atoms with van der Waals surface area (Å²) in [5.74, 6) is -1.47. The molecule has 19 heavy (non-hydrogen) atoms. The monoisotopic (exact) mass is 277 g/mol. The maximum atomic E-state index is 12.3. The van der Waals surface area contributed by atoms with E-state index in [0.717, 1.165) is 6.20 Å². The Morgan fingerprint density at radius 3 is 2.58 bits per heavy atom. The summed E-state index contributed by atoms with van der Waals surface area (Å²) in [5, 5.41) is 2.29. The largest absolute Gasteiger partial charge is 0.406 e. The third kappa shape index (κ3) is 4.01. The van der Waals surface area contributed by atoms with E-state index in [4.69, 9.17) is 5.73 Å². The van der Waals surface area contributed by atoms with E-state index >= 15 is 0 Å². The second-order valence-electron chi connectivity index (χ2n) is 4.21. The van der Waals surface area contributed by atoms with Gasteiger partial charge in [0.2, 0.25) is 5.91 Å². The predicted octanol–water partition coefficient (Wildman–Crippen LogP) is 1.48. The van der Waals surface area contributed by atoms with Crippen LogP contribution in [0.4, 0.5) is 18.0 Å². The molecule has 1 heterocycles. The van der Waals surface area contributed by atoms with Crippen LogP contribution in [0.5, 0.6) is 0 Å². The number of halogens is 3. The van der Waals surface area contributed by atoms with Crippen molar-refractivity contribution >= 4 is 11.9 Å². The molecule has 3 amide bonds. The van der Waals surface area contributed by atoms with Gasteiger partial charge in [-0.05, 0) is 25.5 Å². The topological polar surface area (TPSA) is 75.4 Å². The van der Waals surface area contributed by atoms with E-state index in [1.807, 2.05) is 0 Å². The fourth-order valence-electron chi connectivity index (χ4n) is 1.55. The van der Waals surface area contributed by atoms with E-state index in [1.54, 1.807) is 6.92 Å². The maximum Gasteiger partial charge on any atom is 0.406 e. The average Bonchev–Trinajstić information content (AvgIpc) is 2.39. The van der Waals surface area contributed by atoms with Crippen molar-refractivity contribution in [1.82, 2.24) is 10.2 Å². The Bertz CT molecular complexity index is 455. The number of rotatable bonds is 3. The molecule has 1 aliphatic rings. The van der Waals surface area contributed by atoms with Crippen LogP contribution in [0, 0.1) is 5.92 Å². The summed E-state index contributed by atoms with van der Waals surface area (Å²) < 4.78 is 36.9. The number of alkyl halides is 3. The first-order chi connectivity index (χ1) is 8.61. The third-order valence-electron chi connectivity index (χ3n) is 2.64. The number of nitrogens with two attached hydrogens (primary N) is 1. The van der Waals surface area contributed by atoms with Gasteiger partial charge in [0, 0.05) is 11.9 Å². The molecule has 0 aromatic heterocycles. The smallest absolute Gasteiger partial charge is 0.369 e. The van der Waals surface area contributed by atoms with E-state index < -0.39 is 30.6 Å². The van der Waals surface area contributed by atoms with Gasteiger partial charge in [-0.2, -0.15) is 13.2 Å². The first-order valence-corrected chi connectivity index (χ1v) is 5.44. The number of allylic oxidation sites excluding steroid dienone is 2. The minimum atomic E-state index is -4.50. The van der Waals surface area contributed by atoms with Gasteiger partial charge in [0.05, 0.1) is 5.92 Å². The molecule has 106 valence electrons. The van der Waals surface area contributed by atoms with E-state index in [0.29, 0.717) is 10.5 Å². The van der Waals surface area contributed by atoms with Gasteiger partial charge in [-0.1, -0.05) is 0 Å². The minimum Gasteiger partial charge on any atom is -0.369 e. The Hall–Kier alpha value is -1.99. The first kappa shape index (κ1) is 15.1. The quantitative estimate of drug-likeness (QED) is 0.820.